The molecule has 0 spiro atoms. The zero-order chi connectivity index (χ0) is 22.0. The number of ether oxygens (including phenoxy) is 1. The molecule has 31 heavy (non-hydrogen) atoms. The van der Waals surface area contributed by atoms with Gasteiger partial charge in [-0.3, -0.25) is 14.6 Å². The van der Waals surface area contributed by atoms with E-state index in [2.05, 4.69) is 10.3 Å². The quantitative estimate of drug-likeness (QED) is 0.639. The van der Waals surface area contributed by atoms with Crippen LogP contribution in [0.25, 0.3) is 11.1 Å². The molecule has 0 radical (unpaired) electrons. The van der Waals surface area contributed by atoms with Gasteiger partial charge in [0.05, 0.1) is 12.7 Å². The summed E-state index contributed by atoms with van der Waals surface area (Å²) in [6.45, 7) is 0.372. The summed E-state index contributed by atoms with van der Waals surface area (Å²) < 4.78 is 18.7. The van der Waals surface area contributed by atoms with Gasteiger partial charge in [0, 0.05) is 12.7 Å². The number of hydrogen-bond acceptors (Lipinski definition) is 6. The molecule has 0 amide bonds. The van der Waals surface area contributed by atoms with E-state index < -0.39 is 5.78 Å². The van der Waals surface area contributed by atoms with Crippen LogP contribution in [0.4, 0.5) is 4.39 Å². The number of rotatable bonds is 6. The summed E-state index contributed by atoms with van der Waals surface area (Å²) >= 11 is 0. The fraction of sp³-hybridized carbons (Fsp3) is 0.125. The molecule has 7 heteroatoms. The van der Waals surface area contributed by atoms with Crippen LogP contribution in [0.2, 0.25) is 0 Å². The molecule has 0 unspecified atom stereocenters. The summed E-state index contributed by atoms with van der Waals surface area (Å²) in [4.78, 5) is 29.1. The van der Waals surface area contributed by atoms with Crippen molar-refractivity contribution in [2.75, 3.05) is 13.7 Å². The molecule has 3 aromatic rings. The number of pyridine rings is 1. The number of Topliss-reactive ketones (excluding diaryl/α,β-unsaturated/α-hetero) is 2. The molecular formula is C24H20FN3O3. The van der Waals surface area contributed by atoms with Crippen LogP contribution in [0.15, 0.2) is 72.2 Å². The van der Waals surface area contributed by atoms with Crippen molar-refractivity contribution in [1.82, 2.24) is 10.3 Å². The van der Waals surface area contributed by atoms with Gasteiger partial charge in [0.25, 0.3) is 0 Å². The number of halogens is 1. The Kier molecular flexibility index (Phi) is 5.49. The molecule has 4 rings (SSSR count). The molecule has 1 aliphatic carbocycles. The van der Waals surface area contributed by atoms with Crippen molar-refractivity contribution in [2.45, 2.75) is 6.42 Å². The SMILES string of the molecule is COc1cc(-c2ccc(F)cc2)ccc1CCNC1=C(N)C(=O)c2ncccc2C1=O. The first-order valence-corrected chi connectivity index (χ1v) is 9.70. The van der Waals surface area contributed by atoms with Crippen molar-refractivity contribution in [3.05, 3.63) is 94.8 Å². The summed E-state index contributed by atoms with van der Waals surface area (Å²) in [5.41, 5.74) is 8.88. The number of carbonyl (C=O) groups is 2. The van der Waals surface area contributed by atoms with Gasteiger partial charge in [0.2, 0.25) is 11.6 Å². The lowest BCUT2D eigenvalue weighted by Gasteiger charge is -2.19. The van der Waals surface area contributed by atoms with E-state index in [1.807, 2.05) is 18.2 Å². The maximum absolute atomic E-state index is 13.2. The average Bonchev–Trinajstić information content (AvgIpc) is 2.80. The standard InChI is InChI=1S/C24H20FN3O3/c1-31-19-13-16(14-6-8-17(25)9-7-14)5-4-15(19)10-12-28-22-20(26)24(30)21-18(23(22)29)3-2-11-27-21/h2-9,11,13,28H,10,12,26H2,1H3. The van der Waals surface area contributed by atoms with Crippen LogP contribution in [0, 0.1) is 5.82 Å². The molecule has 6 nitrogen and oxygen atoms in total. The first-order chi connectivity index (χ1) is 15.0. The highest BCUT2D eigenvalue weighted by atomic mass is 19.1. The molecule has 0 saturated carbocycles. The van der Waals surface area contributed by atoms with Crippen LogP contribution in [0.1, 0.15) is 26.4 Å². The van der Waals surface area contributed by atoms with Crippen molar-refractivity contribution in [1.29, 1.82) is 0 Å². The Bertz CT molecular complexity index is 1200. The van der Waals surface area contributed by atoms with Crippen molar-refractivity contribution in [2.24, 2.45) is 5.73 Å². The Hall–Kier alpha value is -4.00. The first kappa shape index (κ1) is 20.3. The first-order valence-electron chi connectivity index (χ1n) is 9.70. The Morgan fingerprint density at radius 2 is 1.77 bits per heavy atom. The van der Waals surface area contributed by atoms with Crippen molar-refractivity contribution in [3.8, 4) is 16.9 Å². The van der Waals surface area contributed by atoms with Crippen LogP contribution < -0.4 is 15.8 Å². The number of benzene rings is 2. The molecule has 1 aliphatic rings. The normalized spacial score (nSPS) is 13.2. The van der Waals surface area contributed by atoms with Gasteiger partial charge >= 0.3 is 0 Å². The Labute approximate surface area is 178 Å². The number of nitrogens with zero attached hydrogens (tertiary/aromatic N) is 1. The van der Waals surface area contributed by atoms with Crippen LogP contribution in [0.5, 0.6) is 5.75 Å². The van der Waals surface area contributed by atoms with Crippen LogP contribution in [-0.4, -0.2) is 30.2 Å². The third-order valence-corrected chi connectivity index (χ3v) is 5.17. The number of nitrogens with two attached hydrogens (primary N) is 1. The van der Waals surface area contributed by atoms with Gasteiger partial charge < -0.3 is 15.8 Å². The van der Waals surface area contributed by atoms with Crippen molar-refractivity contribution < 1.29 is 18.7 Å². The zero-order valence-electron chi connectivity index (χ0n) is 16.8. The number of hydrogen-bond donors (Lipinski definition) is 2. The molecule has 0 saturated heterocycles. The number of nitrogens with one attached hydrogen (secondary N) is 1. The average molecular weight is 417 g/mol. The number of ketones is 2. The summed E-state index contributed by atoms with van der Waals surface area (Å²) in [6, 6.07) is 15.1. The predicted octanol–water partition coefficient (Wildman–Crippen LogP) is 3.28. The van der Waals surface area contributed by atoms with Gasteiger partial charge in [-0.15, -0.1) is 0 Å². The number of carbonyl (C=O) groups excluding carboxylic acids is 2. The fourth-order valence-corrected chi connectivity index (χ4v) is 3.54. The van der Waals surface area contributed by atoms with Crippen LogP contribution >= 0.6 is 0 Å². The molecule has 1 heterocycles. The highest BCUT2D eigenvalue weighted by Crippen LogP contribution is 2.28. The Morgan fingerprint density at radius 3 is 2.52 bits per heavy atom. The van der Waals surface area contributed by atoms with Gasteiger partial charge in [-0.25, -0.2) is 4.39 Å². The lowest BCUT2D eigenvalue weighted by molar-refractivity contribution is 0.0963. The Balaban J connectivity index is 1.50. The lowest BCUT2D eigenvalue weighted by Crippen LogP contribution is -2.35. The van der Waals surface area contributed by atoms with E-state index in [0.29, 0.717) is 18.7 Å². The number of fused-ring (bicyclic) bond motifs is 1. The third kappa shape index (κ3) is 3.90. The monoisotopic (exact) mass is 417 g/mol. The highest BCUT2D eigenvalue weighted by molar-refractivity contribution is 6.25. The Morgan fingerprint density at radius 1 is 1.03 bits per heavy atom. The van der Waals surface area contributed by atoms with E-state index in [9.17, 15) is 14.0 Å². The summed E-state index contributed by atoms with van der Waals surface area (Å²) in [6.07, 6.45) is 1.99. The molecule has 0 bridgehead atoms. The smallest absolute Gasteiger partial charge is 0.229 e. The molecule has 0 fully saturated rings. The molecule has 3 N–H and O–H groups in total. The van der Waals surface area contributed by atoms with Gasteiger partial charge in [-0.05, 0) is 53.4 Å². The topological polar surface area (TPSA) is 94.3 Å². The van der Waals surface area contributed by atoms with Gasteiger partial charge in [-0.2, -0.15) is 0 Å². The van der Waals surface area contributed by atoms with Crippen LogP contribution in [-0.2, 0) is 6.42 Å². The minimum atomic E-state index is -0.459. The largest absolute Gasteiger partial charge is 0.496 e. The summed E-state index contributed by atoms with van der Waals surface area (Å²) in [5.74, 6) is -0.426. The van der Waals surface area contributed by atoms with Gasteiger partial charge in [-0.1, -0.05) is 24.3 Å². The van der Waals surface area contributed by atoms with Crippen LogP contribution in [0.3, 0.4) is 0 Å². The second kappa shape index (κ2) is 8.39. The van der Waals surface area contributed by atoms with E-state index in [0.717, 1.165) is 16.7 Å². The van der Waals surface area contributed by atoms with E-state index in [1.165, 1.54) is 18.3 Å². The fourth-order valence-electron chi connectivity index (χ4n) is 3.54. The minimum Gasteiger partial charge on any atom is -0.496 e. The van der Waals surface area contributed by atoms with Gasteiger partial charge in [0.1, 0.15) is 28.7 Å². The molecule has 156 valence electrons. The van der Waals surface area contributed by atoms with E-state index >= 15 is 0 Å². The predicted molar refractivity (Wildman–Crippen MR) is 114 cm³/mol. The second-order valence-corrected chi connectivity index (χ2v) is 7.06. The number of methoxy groups -OCH3 is 1. The second-order valence-electron chi connectivity index (χ2n) is 7.06. The molecule has 0 aliphatic heterocycles. The van der Waals surface area contributed by atoms with E-state index in [4.69, 9.17) is 10.5 Å². The molecule has 2 aromatic carbocycles. The number of aromatic nitrogens is 1. The summed E-state index contributed by atoms with van der Waals surface area (Å²) in [7, 11) is 1.58. The molecule has 0 atom stereocenters. The third-order valence-electron chi connectivity index (χ3n) is 5.17. The summed E-state index contributed by atoms with van der Waals surface area (Å²) in [5, 5.41) is 3.00. The highest BCUT2D eigenvalue weighted by Gasteiger charge is 2.31. The maximum Gasteiger partial charge on any atom is 0.229 e. The molecule has 1 aromatic heterocycles. The van der Waals surface area contributed by atoms with E-state index in [-0.39, 0.29) is 34.3 Å². The zero-order valence-corrected chi connectivity index (χ0v) is 16.8. The van der Waals surface area contributed by atoms with E-state index in [1.54, 1.807) is 31.4 Å². The lowest BCUT2D eigenvalue weighted by atomic mass is 9.94. The van der Waals surface area contributed by atoms with Gasteiger partial charge in [0.15, 0.2) is 0 Å². The van der Waals surface area contributed by atoms with Crippen molar-refractivity contribution in [3.63, 3.8) is 0 Å². The minimum absolute atomic E-state index is 0.0774. The molecular weight excluding hydrogens is 397 g/mol. The number of allylic oxidation sites excluding steroid dienone is 2. The van der Waals surface area contributed by atoms with Crippen molar-refractivity contribution >= 4 is 11.6 Å². The maximum atomic E-state index is 13.2.